The van der Waals surface area contributed by atoms with Crippen molar-refractivity contribution in [1.29, 1.82) is 0 Å². The summed E-state index contributed by atoms with van der Waals surface area (Å²) in [4.78, 5) is 33.1. The number of carbonyl (C=O) groups excluding carboxylic acids is 1. The van der Waals surface area contributed by atoms with Crippen LogP contribution in [0.3, 0.4) is 0 Å². The van der Waals surface area contributed by atoms with Gasteiger partial charge < -0.3 is 14.9 Å². The smallest absolute Gasteiger partial charge is 0.259 e. The average molecular weight is 515 g/mol. The van der Waals surface area contributed by atoms with E-state index in [2.05, 4.69) is 15.3 Å². The molecule has 0 saturated heterocycles. The molecular formula is C21H16N5O7S2-. The summed E-state index contributed by atoms with van der Waals surface area (Å²) in [6, 6.07) is 14.4. The van der Waals surface area contributed by atoms with Crippen molar-refractivity contribution in [2.24, 2.45) is 5.84 Å². The third-order valence-corrected chi connectivity index (χ3v) is 7.01. The molecule has 0 radical (unpaired) electrons. The van der Waals surface area contributed by atoms with Crippen molar-refractivity contribution in [2.45, 2.75) is 9.79 Å². The Kier molecular flexibility index (Phi) is 6.23. The van der Waals surface area contributed by atoms with Crippen LogP contribution in [0.25, 0.3) is 22.3 Å². The molecule has 0 unspecified atom stereocenters. The molecule has 1 heterocycles. The summed E-state index contributed by atoms with van der Waals surface area (Å²) in [5, 5.41) is 2.84. The van der Waals surface area contributed by atoms with E-state index in [0.29, 0.717) is 5.52 Å². The third kappa shape index (κ3) is 4.96. The van der Waals surface area contributed by atoms with E-state index in [1.54, 1.807) is 29.1 Å². The highest BCUT2D eigenvalue weighted by molar-refractivity contribution is 7.89. The molecule has 12 nitrogen and oxygen atoms in total. The Bertz CT molecular complexity index is 1730. The van der Waals surface area contributed by atoms with Crippen molar-refractivity contribution < 1.29 is 26.2 Å². The Balaban J connectivity index is 1.78. The molecule has 0 fully saturated rings. The SMILES string of the molecule is NNS(=O)(=O)c1ccc(C(=O)Nc2ccc(S(=O)(=O)[O-])cc2-c2nc3ccccc3c(=O)[nH]2)cc1. The zero-order valence-electron chi connectivity index (χ0n) is 17.5. The highest BCUT2D eigenvalue weighted by Gasteiger charge is 2.17. The molecule has 4 aromatic rings. The minimum atomic E-state index is -4.86. The fraction of sp³-hybridized carbons (Fsp3) is 0. The molecular weight excluding hydrogens is 498 g/mol. The summed E-state index contributed by atoms with van der Waals surface area (Å²) in [5.41, 5.74) is -0.119. The van der Waals surface area contributed by atoms with E-state index in [1.165, 1.54) is 30.3 Å². The number of fused-ring (bicyclic) bond motifs is 1. The van der Waals surface area contributed by atoms with Crippen LogP contribution in [-0.2, 0) is 20.1 Å². The van der Waals surface area contributed by atoms with Gasteiger partial charge in [0.2, 0.25) is 0 Å². The molecule has 0 aliphatic carbocycles. The predicted octanol–water partition coefficient (Wildman–Crippen LogP) is 0.899. The number of aromatic amines is 1. The number of benzene rings is 3. The third-order valence-electron chi connectivity index (χ3n) is 4.98. The number of aromatic nitrogens is 2. The average Bonchev–Trinajstić information content (AvgIpc) is 2.83. The molecule has 180 valence electrons. The van der Waals surface area contributed by atoms with Crippen molar-refractivity contribution in [2.75, 3.05) is 5.32 Å². The van der Waals surface area contributed by atoms with Crippen LogP contribution in [0.4, 0.5) is 5.69 Å². The molecule has 3 aromatic carbocycles. The second-order valence-electron chi connectivity index (χ2n) is 7.19. The van der Waals surface area contributed by atoms with Gasteiger partial charge in [-0.25, -0.2) is 21.8 Å². The van der Waals surface area contributed by atoms with Crippen molar-refractivity contribution in [1.82, 2.24) is 14.8 Å². The maximum Gasteiger partial charge on any atom is 0.259 e. The number of amides is 1. The molecule has 5 N–H and O–H groups in total. The van der Waals surface area contributed by atoms with Gasteiger partial charge in [-0.1, -0.05) is 12.1 Å². The van der Waals surface area contributed by atoms with Gasteiger partial charge in [-0.3, -0.25) is 15.4 Å². The number of sulfonamides is 1. The number of hydrogen-bond donors (Lipinski definition) is 4. The van der Waals surface area contributed by atoms with Gasteiger partial charge >= 0.3 is 0 Å². The van der Waals surface area contributed by atoms with E-state index < -0.39 is 36.5 Å². The van der Waals surface area contributed by atoms with Gasteiger partial charge in [-0.05, 0) is 54.6 Å². The number of nitrogens with zero attached hydrogens (tertiary/aromatic N) is 1. The van der Waals surface area contributed by atoms with E-state index in [-0.39, 0.29) is 32.9 Å². The molecule has 1 aromatic heterocycles. The normalized spacial score (nSPS) is 11.9. The summed E-state index contributed by atoms with van der Waals surface area (Å²) in [5.74, 6) is 4.22. The first-order valence-electron chi connectivity index (χ1n) is 9.73. The Hall–Kier alpha value is -3.95. The Labute approximate surface area is 198 Å². The summed E-state index contributed by atoms with van der Waals surface area (Å²) in [7, 11) is -8.78. The number of nitrogens with two attached hydrogens (primary N) is 1. The van der Waals surface area contributed by atoms with Gasteiger partial charge in [-0.2, -0.15) is 4.83 Å². The topological polar surface area (TPSA) is 204 Å². The fourth-order valence-electron chi connectivity index (χ4n) is 3.25. The van der Waals surface area contributed by atoms with E-state index in [4.69, 9.17) is 5.84 Å². The van der Waals surface area contributed by atoms with Crippen molar-refractivity contribution in [3.05, 3.63) is 82.6 Å². The summed E-state index contributed by atoms with van der Waals surface area (Å²) in [6.07, 6.45) is 0. The van der Waals surface area contributed by atoms with Crippen LogP contribution >= 0.6 is 0 Å². The molecule has 14 heteroatoms. The first-order chi connectivity index (χ1) is 16.5. The lowest BCUT2D eigenvalue weighted by atomic mass is 10.1. The highest BCUT2D eigenvalue weighted by Crippen LogP contribution is 2.29. The van der Waals surface area contributed by atoms with Crippen molar-refractivity contribution >= 4 is 42.6 Å². The molecule has 4 rings (SSSR count). The maximum absolute atomic E-state index is 12.8. The van der Waals surface area contributed by atoms with Crippen LogP contribution in [0.15, 0.2) is 81.3 Å². The van der Waals surface area contributed by atoms with Crippen LogP contribution in [0, 0.1) is 0 Å². The monoisotopic (exact) mass is 514 g/mol. The second-order valence-corrected chi connectivity index (χ2v) is 10.3. The molecule has 0 saturated carbocycles. The fourth-order valence-corrected chi connectivity index (χ4v) is 4.37. The van der Waals surface area contributed by atoms with Crippen LogP contribution in [0.5, 0.6) is 0 Å². The molecule has 0 bridgehead atoms. The van der Waals surface area contributed by atoms with E-state index in [1.807, 2.05) is 0 Å². The number of hydrazine groups is 1. The van der Waals surface area contributed by atoms with Gasteiger partial charge in [0.1, 0.15) is 15.9 Å². The summed E-state index contributed by atoms with van der Waals surface area (Å²) < 4.78 is 58.3. The first-order valence-corrected chi connectivity index (χ1v) is 12.6. The second kappa shape index (κ2) is 9.01. The minimum Gasteiger partial charge on any atom is -0.744 e. The molecule has 0 aliphatic heterocycles. The minimum absolute atomic E-state index is 0.0235. The Morgan fingerprint density at radius 3 is 2.26 bits per heavy atom. The number of rotatable bonds is 6. The van der Waals surface area contributed by atoms with Crippen LogP contribution in [-0.4, -0.2) is 37.3 Å². The standard InChI is InChI=1S/C21H17N5O7S2/c22-26-34(29,30)13-7-5-12(6-8-13)20(27)24-18-10-9-14(35(31,32)33)11-16(18)19-23-17-4-2-1-3-15(17)21(28)25-19/h1-11,26H,22H2,(H,24,27)(H,23,25,28)(H,31,32,33)/p-1. The van der Waals surface area contributed by atoms with Gasteiger partial charge in [0.25, 0.3) is 21.5 Å². The Morgan fingerprint density at radius 2 is 1.60 bits per heavy atom. The van der Waals surface area contributed by atoms with E-state index in [0.717, 1.165) is 12.1 Å². The van der Waals surface area contributed by atoms with Crippen LogP contribution in [0.1, 0.15) is 10.4 Å². The Morgan fingerprint density at radius 1 is 0.943 bits per heavy atom. The number of H-pyrrole nitrogens is 1. The number of carbonyl (C=O) groups is 1. The zero-order chi connectivity index (χ0) is 25.4. The van der Waals surface area contributed by atoms with Gasteiger partial charge in [0.15, 0.2) is 0 Å². The predicted molar refractivity (Wildman–Crippen MR) is 125 cm³/mol. The van der Waals surface area contributed by atoms with Gasteiger partial charge in [0, 0.05) is 11.1 Å². The number of hydrogen-bond acceptors (Lipinski definition) is 9. The first kappa shape index (κ1) is 24.2. The van der Waals surface area contributed by atoms with E-state index >= 15 is 0 Å². The largest absolute Gasteiger partial charge is 0.744 e. The van der Waals surface area contributed by atoms with Crippen molar-refractivity contribution in [3.8, 4) is 11.4 Å². The lowest BCUT2D eigenvalue weighted by molar-refractivity contribution is 0.102. The van der Waals surface area contributed by atoms with E-state index in [9.17, 15) is 31.0 Å². The molecule has 0 spiro atoms. The summed E-state index contributed by atoms with van der Waals surface area (Å²) in [6.45, 7) is 0. The number of nitrogens with one attached hydrogen (secondary N) is 3. The van der Waals surface area contributed by atoms with Gasteiger partial charge in [-0.15, -0.1) is 0 Å². The van der Waals surface area contributed by atoms with Gasteiger partial charge in [0.05, 0.1) is 26.4 Å². The van der Waals surface area contributed by atoms with Crippen LogP contribution in [0.2, 0.25) is 0 Å². The lowest BCUT2D eigenvalue weighted by Crippen LogP contribution is -2.30. The molecule has 35 heavy (non-hydrogen) atoms. The summed E-state index contributed by atoms with van der Waals surface area (Å²) >= 11 is 0. The highest BCUT2D eigenvalue weighted by atomic mass is 32.2. The lowest BCUT2D eigenvalue weighted by Gasteiger charge is -2.15. The van der Waals surface area contributed by atoms with Crippen molar-refractivity contribution in [3.63, 3.8) is 0 Å². The number of anilines is 1. The number of para-hydroxylation sites is 1. The maximum atomic E-state index is 12.8. The quantitative estimate of drug-likeness (QED) is 0.164. The molecule has 0 aliphatic rings. The van der Waals surface area contributed by atoms with Crippen LogP contribution < -0.4 is 21.5 Å². The molecule has 0 atom stereocenters. The zero-order valence-corrected chi connectivity index (χ0v) is 19.2. The molecule has 1 amide bonds.